The molecule has 20 heavy (non-hydrogen) atoms. The van der Waals surface area contributed by atoms with Crippen molar-refractivity contribution in [2.45, 2.75) is 0 Å². The van der Waals surface area contributed by atoms with Gasteiger partial charge in [0.05, 0.1) is 23.3 Å². The summed E-state index contributed by atoms with van der Waals surface area (Å²) in [5.41, 5.74) is 3.58. The van der Waals surface area contributed by atoms with Gasteiger partial charge >= 0.3 is 0 Å². The van der Waals surface area contributed by atoms with Crippen molar-refractivity contribution in [3.8, 4) is 12.1 Å². The maximum absolute atomic E-state index is 9.28. The van der Waals surface area contributed by atoms with Gasteiger partial charge in [0.15, 0.2) is 0 Å². The molecule has 0 atom stereocenters. The molecule has 0 aliphatic rings. The van der Waals surface area contributed by atoms with E-state index in [1.165, 1.54) is 0 Å². The van der Waals surface area contributed by atoms with E-state index in [9.17, 15) is 5.26 Å². The fraction of sp³-hybridized carbons (Fsp3) is 0. The van der Waals surface area contributed by atoms with E-state index < -0.39 is 0 Å². The van der Waals surface area contributed by atoms with Crippen molar-refractivity contribution >= 4 is 17.2 Å². The van der Waals surface area contributed by atoms with E-state index in [0.29, 0.717) is 11.1 Å². The topological polar surface area (TPSA) is 47.6 Å². The molecule has 0 unspecified atom stereocenters. The van der Waals surface area contributed by atoms with Crippen molar-refractivity contribution in [1.82, 2.24) is 0 Å². The van der Waals surface area contributed by atoms with E-state index in [1.54, 1.807) is 12.1 Å². The normalized spacial score (nSPS) is 10.4. The molecule has 0 saturated carbocycles. The third-order valence-corrected chi connectivity index (χ3v) is 2.91. The molecule has 2 aromatic rings. The zero-order valence-corrected chi connectivity index (χ0v) is 10.9. The highest BCUT2D eigenvalue weighted by Crippen LogP contribution is 2.20. The summed E-state index contributed by atoms with van der Waals surface area (Å²) in [6, 6.07) is 21.2. The second-order valence-corrected chi connectivity index (χ2v) is 4.25. The van der Waals surface area contributed by atoms with E-state index >= 15 is 0 Å². The van der Waals surface area contributed by atoms with Crippen LogP contribution in [-0.4, -0.2) is 0 Å². The molecule has 2 nitrogen and oxygen atoms in total. The molecule has 0 N–H and O–H groups in total. The van der Waals surface area contributed by atoms with Crippen LogP contribution in [0.4, 0.5) is 0 Å². The third kappa shape index (κ3) is 3.02. The number of allylic oxidation sites excluding steroid dienone is 2. The predicted octanol–water partition coefficient (Wildman–Crippen LogP) is 4.29. The Kier molecular flexibility index (Phi) is 4.12. The van der Waals surface area contributed by atoms with Gasteiger partial charge in [-0.25, -0.2) is 0 Å². The van der Waals surface area contributed by atoms with Gasteiger partial charge in [-0.15, -0.1) is 0 Å². The molecule has 0 saturated heterocycles. The summed E-state index contributed by atoms with van der Waals surface area (Å²) in [4.78, 5) is 0. The lowest BCUT2D eigenvalue weighted by molar-refractivity contribution is 1.50. The van der Waals surface area contributed by atoms with Crippen LogP contribution in [0, 0.1) is 22.7 Å². The monoisotopic (exact) mass is 256 g/mol. The Balaban J connectivity index is 2.35. The summed E-state index contributed by atoms with van der Waals surface area (Å²) >= 11 is 0. The fourth-order valence-electron chi connectivity index (χ4n) is 1.81. The number of hydrogen-bond acceptors (Lipinski definition) is 2. The zero-order chi connectivity index (χ0) is 14.4. The largest absolute Gasteiger partial charge is 0.192 e. The maximum atomic E-state index is 9.28. The van der Waals surface area contributed by atoms with Crippen LogP contribution in [0.1, 0.15) is 16.7 Å². The summed E-state index contributed by atoms with van der Waals surface area (Å²) in [6.07, 6.45) is 1.84. The molecule has 0 bridgehead atoms. The first-order valence-electron chi connectivity index (χ1n) is 6.11. The van der Waals surface area contributed by atoms with E-state index in [4.69, 9.17) is 5.26 Å². The smallest absolute Gasteiger partial charge is 0.0998 e. The van der Waals surface area contributed by atoms with Gasteiger partial charge in [-0.1, -0.05) is 61.2 Å². The highest BCUT2D eigenvalue weighted by Gasteiger charge is 2.02. The predicted molar refractivity (Wildman–Crippen MR) is 81.0 cm³/mol. The number of benzene rings is 2. The minimum Gasteiger partial charge on any atom is -0.192 e. The molecule has 2 aromatic carbocycles. The highest BCUT2D eigenvalue weighted by molar-refractivity contribution is 5.90. The van der Waals surface area contributed by atoms with Gasteiger partial charge in [-0.2, -0.15) is 10.5 Å². The number of nitrogens with zero attached hydrogens (tertiary/aromatic N) is 2. The van der Waals surface area contributed by atoms with E-state index in [0.717, 1.165) is 16.7 Å². The molecule has 0 spiro atoms. The molecule has 2 heteroatoms. The van der Waals surface area contributed by atoms with Crippen molar-refractivity contribution in [2.75, 3.05) is 0 Å². The van der Waals surface area contributed by atoms with Gasteiger partial charge in [-0.05, 0) is 22.8 Å². The quantitative estimate of drug-likeness (QED) is 0.607. The summed E-state index contributed by atoms with van der Waals surface area (Å²) < 4.78 is 0. The number of rotatable bonds is 3. The Bertz CT molecular complexity index is 724. The minimum absolute atomic E-state index is 0.419. The minimum atomic E-state index is 0.419. The molecule has 0 aliphatic heterocycles. The Morgan fingerprint density at radius 2 is 1.45 bits per heavy atom. The Hall–Kier alpha value is -3.10. The Morgan fingerprint density at radius 3 is 2.00 bits per heavy atom. The summed E-state index contributed by atoms with van der Waals surface area (Å²) in [7, 11) is 0. The molecule has 0 amide bonds. The van der Waals surface area contributed by atoms with Gasteiger partial charge in [-0.3, -0.25) is 0 Å². The molecule has 0 aliphatic carbocycles. The SMILES string of the molecule is C=C(C#N)c1ccc(/C(C#N)=C\c2ccccc2)cc1. The summed E-state index contributed by atoms with van der Waals surface area (Å²) in [5.74, 6) is 0. The van der Waals surface area contributed by atoms with E-state index in [1.807, 2.05) is 54.6 Å². The Morgan fingerprint density at radius 1 is 0.850 bits per heavy atom. The second-order valence-electron chi connectivity index (χ2n) is 4.25. The van der Waals surface area contributed by atoms with Gasteiger partial charge < -0.3 is 0 Å². The lowest BCUT2D eigenvalue weighted by atomic mass is 10.0. The van der Waals surface area contributed by atoms with Crippen LogP contribution in [-0.2, 0) is 0 Å². The average Bonchev–Trinajstić information content (AvgIpc) is 2.53. The molecule has 94 valence electrons. The van der Waals surface area contributed by atoms with Crippen LogP contribution in [0.25, 0.3) is 17.2 Å². The summed E-state index contributed by atoms with van der Waals surface area (Å²) in [6.45, 7) is 3.67. The van der Waals surface area contributed by atoms with Crippen molar-refractivity contribution in [1.29, 1.82) is 10.5 Å². The van der Waals surface area contributed by atoms with Crippen LogP contribution in [0.2, 0.25) is 0 Å². The van der Waals surface area contributed by atoms with Crippen molar-refractivity contribution in [2.24, 2.45) is 0 Å². The lowest BCUT2D eigenvalue weighted by Crippen LogP contribution is -1.84. The van der Waals surface area contributed by atoms with Crippen LogP contribution >= 0.6 is 0 Å². The fourth-order valence-corrected chi connectivity index (χ4v) is 1.81. The molecule has 0 fully saturated rings. The molecule has 0 radical (unpaired) electrons. The van der Waals surface area contributed by atoms with E-state index in [-0.39, 0.29) is 0 Å². The second kappa shape index (κ2) is 6.18. The van der Waals surface area contributed by atoms with Gasteiger partial charge in [0, 0.05) is 0 Å². The lowest BCUT2D eigenvalue weighted by Gasteiger charge is -2.02. The maximum Gasteiger partial charge on any atom is 0.0998 e. The van der Waals surface area contributed by atoms with Gasteiger partial charge in [0.25, 0.3) is 0 Å². The van der Waals surface area contributed by atoms with Crippen LogP contribution in [0.5, 0.6) is 0 Å². The highest BCUT2D eigenvalue weighted by atomic mass is 14.3. The first kappa shape index (κ1) is 13.3. The Labute approximate surface area is 118 Å². The standard InChI is InChI=1S/C18H12N2/c1-14(12-19)16-7-9-17(10-8-16)18(13-20)11-15-5-3-2-4-6-15/h2-11H,1H2/b18-11-. The zero-order valence-electron chi connectivity index (χ0n) is 10.9. The molecule has 0 heterocycles. The molecule has 0 aromatic heterocycles. The molecular formula is C18H12N2. The number of hydrogen-bond donors (Lipinski definition) is 0. The van der Waals surface area contributed by atoms with Crippen LogP contribution < -0.4 is 0 Å². The van der Waals surface area contributed by atoms with Gasteiger partial charge in [0.2, 0.25) is 0 Å². The van der Waals surface area contributed by atoms with Crippen molar-refractivity contribution < 1.29 is 0 Å². The van der Waals surface area contributed by atoms with E-state index in [2.05, 4.69) is 12.6 Å². The molecule has 2 rings (SSSR count). The van der Waals surface area contributed by atoms with Crippen molar-refractivity contribution in [3.05, 3.63) is 77.9 Å². The molecular weight excluding hydrogens is 244 g/mol. The van der Waals surface area contributed by atoms with Crippen LogP contribution in [0.15, 0.2) is 61.2 Å². The van der Waals surface area contributed by atoms with Crippen molar-refractivity contribution in [3.63, 3.8) is 0 Å². The number of nitriles is 2. The summed E-state index contributed by atoms with van der Waals surface area (Å²) in [5, 5.41) is 18.1. The van der Waals surface area contributed by atoms with Gasteiger partial charge in [0.1, 0.15) is 0 Å². The third-order valence-electron chi connectivity index (χ3n) is 2.91. The van der Waals surface area contributed by atoms with Crippen LogP contribution in [0.3, 0.4) is 0 Å². The first-order chi connectivity index (χ1) is 9.74. The average molecular weight is 256 g/mol. The first-order valence-corrected chi connectivity index (χ1v) is 6.11.